The third-order valence-corrected chi connectivity index (χ3v) is 13.3. The normalized spacial score (nSPS) is 11.4. The van der Waals surface area contributed by atoms with Gasteiger partial charge in [-0.15, -0.1) is 0 Å². The molecular formula is C63H70N14O5. The number of nitrogens with two attached hydrogens (primary N) is 1. The lowest BCUT2D eigenvalue weighted by atomic mass is 9.92. The predicted octanol–water partition coefficient (Wildman–Crippen LogP) is 13.0. The molecule has 0 fully saturated rings. The van der Waals surface area contributed by atoms with Crippen molar-refractivity contribution in [1.82, 2.24) is 38.7 Å². The van der Waals surface area contributed by atoms with Gasteiger partial charge in [0, 0.05) is 63.3 Å². The van der Waals surface area contributed by atoms with Gasteiger partial charge in [-0.05, 0) is 62.4 Å². The molecule has 19 nitrogen and oxygen atoms in total. The van der Waals surface area contributed by atoms with Crippen molar-refractivity contribution < 1.29 is 23.9 Å². The van der Waals surface area contributed by atoms with E-state index in [4.69, 9.17) is 25.4 Å². The second-order valence-electron chi connectivity index (χ2n) is 21.9. The molecule has 0 bridgehead atoms. The molecule has 4 heterocycles. The van der Waals surface area contributed by atoms with Gasteiger partial charge in [-0.25, -0.2) is 28.9 Å². The van der Waals surface area contributed by atoms with Crippen molar-refractivity contribution >= 4 is 74.2 Å². The highest BCUT2D eigenvalue weighted by Gasteiger charge is 2.24. The number of nitrogen functional groups attached to an aromatic ring is 1. The zero-order valence-electron chi connectivity index (χ0n) is 47.7. The molecule has 7 N–H and O–H groups in total. The summed E-state index contributed by atoms with van der Waals surface area (Å²) >= 11 is 0. The fourth-order valence-electron chi connectivity index (χ4n) is 8.79. The summed E-state index contributed by atoms with van der Waals surface area (Å²) in [5, 5.41) is 27.9. The van der Waals surface area contributed by atoms with Crippen LogP contribution in [0.25, 0.3) is 32.9 Å². The number of fused-ring (bicyclic) bond motifs is 2. The largest absolute Gasteiger partial charge is 0.491 e. The number of rotatable bonds is 16. The van der Waals surface area contributed by atoms with Crippen LogP contribution < -0.4 is 41.8 Å². The predicted molar refractivity (Wildman–Crippen MR) is 326 cm³/mol. The highest BCUT2D eigenvalue weighted by Crippen LogP contribution is 2.35. The van der Waals surface area contributed by atoms with Crippen LogP contribution in [0, 0.1) is 13.8 Å². The Hall–Kier alpha value is -9.91. The molecule has 422 valence electrons. The minimum Gasteiger partial charge on any atom is -0.491 e. The van der Waals surface area contributed by atoms with E-state index in [0.29, 0.717) is 73.1 Å². The molecule has 0 saturated heterocycles. The van der Waals surface area contributed by atoms with E-state index in [1.54, 1.807) is 41.3 Å². The first-order valence-corrected chi connectivity index (χ1v) is 27.2. The maximum atomic E-state index is 13.3. The van der Waals surface area contributed by atoms with E-state index in [-0.39, 0.29) is 28.8 Å². The number of benzene rings is 6. The van der Waals surface area contributed by atoms with Gasteiger partial charge in [-0.3, -0.25) is 15.4 Å². The van der Waals surface area contributed by atoms with Gasteiger partial charge in [-0.1, -0.05) is 132 Å². The van der Waals surface area contributed by atoms with E-state index in [9.17, 15) is 14.4 Å². The Bertz CT molecular complexity index is 3860. The summed E-state index contributed by atoms with van der Waals surface area (Å²) in [7, 11) is 0. The molecule has 10 rings (SSSR count). The van der Waals surface area contributed by atoms with Gasteiger partial charge in [-0.2, -0.15) is 10.2 Å². The Morgan fingerprint density at radius 2 is 0.951 bits per heavy atom. The van der Waals surface area contributed by atoms with E-state index in [1.807, 2.05) is 156 Å². The number of hydrogen-bond acceptors (Lipinski definition) is 10. The number of nitrogens with one attached hydrogen (secondary N) is 5. The zero-order chi connectivity index (χ0) is 58.1. The van der Waals surface area contributed by atoms with Crippen LogP contribution in [0.3, 0.4) is 0 Å². The first-order valence-electron chi connectivity index (χ1n) is 27.2. The van der Waals surface area contributed by atoms with Gasteiger partial charge in [0.2, 0.25) is 5.91 Å². The molecule has 0 radical (unpaired) electrons. The highest BCUT2D eigenvalue weighted by atomic mass is 16.5. The molecule has 6 aromatic carbocycles. The molecule has 0 aliphatic carbocycles. The fourth-order valence-corrected chi connectivity index (χ4v) is 8.79. The molecule has 0 aliphatic heterocycles. The third kappa shape index (κ3) is 14.1. The van der Waals surface area contributed by atoms with Gasteiger partial charge in [0.1, 0.15) is 42.2 Å². The number of aryl methyl sites for hydroxylation is 2. The molecule has 0 unspecified atom stereocenters. The molecule has 19 heteroatoms. The van der Waals surface area contributed by atoms with E-state index in [2.05, 4.69) is 78.1 Å². The summed E-state index contributed by atoms with van der Waals surface area (Å²) in [5.41, 5.74) is 12.4. The van der Waals surface area contributed by atoms with Crippen LogP contribution in [0.5, 0.6) is 11.5 Å². The summed E-state index contributed by atoms with van der Waals surface area (Å²) in [6, 6.07) is 42.2. The number of ether oxygens (including phenoxy) is 2. The molecule has 10 aromatic rings. The second kappa shape index (κ2) is 24.6. The van der Waals surface area contributed by atoms with Crippen LogP contribution in [-0.4, -0.2) is 69.8 Å². The van der Waals surface area contributed by atoms with Crippen molar-refractivity contribution in [2.75, 3.05) is 45.5 Å². The topological polar surface area (TPSA) is 227 Å². The Morgan fingerprint density at radius 3 is 1.37 bits per heavy atom. The van der Waals surface area contributed by atoms with Gasteiger partial charge < -0.3 is 40.3 Å². The van der Waals surface area contributed by atoms with Gasteiger partial charge in [0.25, 0.3) is 0 Å². The van der Waals surface area contributed by atoms with Crippen molar-refractivity contribution in [3.63, 3.8) is 0 Å². The minimum atomic E-state index is -0.376. The lowest BCUT2D eigenvalue weighted by Gasteiger charge is -2.14. The number of carbonyl (C=O) groups excluding carboxylic acids is 3. The summed E-state index contributed by atoms with van der Waals surface area (Å²) in [6.07, 6.45) is 7.27. The number of aromatic nitrogens is 8. The summed E-state index contributed by atoms with van der Waals surface area (Å²) < 4.78 is 19.5. The fraction of sp³-hybridized carbons (Fsp3) is 0.254. The molecule has 0 spiro atoms. The lowest BCUT2D eigenvalue weighted by molar-refractivity contribution is -0.115. The molecule has 0 saturated carbocycles. The second-order valence-corrected chi connectivity index (χ2v) is 21.9. The Balaban J connectivity index is 0.000000198. The number of amides is 5. The highest BCUT2D eigenvalue weighted by molar-refractivity contribution is 6.08. The standard InChI is InChI=1S/C33H37N7O3.C30H33N7O2/c1-6-31(41)36-29-20-39(21-34-29)17-18-43-27-16-15-26(24-9-7-8-10-25(24)27)35-32(42)37-30-19-28(33(3,4)5)38-40(30)23-13-11-22(2)12-14-23;1-20-9-11-21(12-10-20)37-28(17-26(35-37)30(2,3)4)34-29(38)33-24-13-14-25(23-8-6-5-7-22(23)24)39-16-15-36-18-27(31)32-19-36/h7-16,19-21H,6,17-18H2,1-5H3,(H,36,41)(H2,35,37,42);5-14,17-19H,15-16,31H2,1-4H3,(H2,33,34,38). The minimum absolute atomic E-state index is 0.0816. The van der Waals surface area contributed by atoms with Crippen molar-refractivity contribution in [1.29, 1.82) is 0 Å². The average Bonchev–Trinajstić information content (AvgIpc) is 4.44. The smallest absolute Gasteiger partial charge is 0.324 e. The van der Waals surface area contributed by atoms with Crippen LogP contribution in [0.4, 0.5) is 44.2 Å². The lowest BCUT2D eigenvalue weighted by Crippen LogP contribution is -2.21. The number of imidazole rings is 2. The Labute approximate surface area is 476 Å². The van der Waals surface area contributed by atoms with Crippen LogP contribution >= 0.6 is 0 Å². The first kappa shape index (κ1) is 56.8. The van der Waals surface area contributed by atoms with Crippen molar-refractivity contribution in [2.24, 2.45) is 0 Å². The maximum Gasteiger partial charge on any atom is 0.324 e. The summed E-state index contributed by atoms with van der Waals surface area (Å²) in [5.74, 6) is 3.51. The molecule has 0 atom stereocenters. The van der Waals surface area contributed by atoms with E-state index < -0.39 is 0 Å². The van der Waals surface area contributed by atoms with Crippen LogP contribution in [0.15, 0.2) is 159 Å². The molecule has 5 amide bonds. The van der Waals surface area contributed by atoms with Crippen molar-refractivity contribution in [3.05, 3.63) is 181 Å². The number of hydrogen-bond donors (Lipinski definition) is 6. The van der Waals surface area contributed by atoms with Crippen molar-refractivity contribution in [3.8, 4) is 22.9 Å². The maximum absolute atomic E-state index is 13.3. The van der Waals surface area contributed by atoms with Gasteiger partial charge in [0.15, 0.2) is 5.82 Å². The van der Waals surface area contributed by atoms with Crippen molar-refractivity contribution in [2.45, 2.75) is 92.7 Å². The Morgan fingerprint density at radius 1 is 0.524 bits per heavy atom. The average molecular weight is 1100 g/mol. The van der Waals surface area contributed by atoms with E-state index >= 15 is 0 Å². The van der Waals surface area contributed by atoms with Crippen LogP contribution in [0.2, 0.25) is 0 Å². The number of carbonyl (C=O) groups is 3. The SMILES string of the molecule is CCC(=O)Nc1cn(CCOc2ccc(NC(=O)Nc3cc(C(C)(C)C)nn3-c3ccc(C)cc3)c3ccccc23)cn1.Cc1ccc(-n2nc(C(C)(C)C)cc2NC(=O)Nc2ccc(OCCn3cnc(N)c3)c3ccccc23)cc1. The van der Waals surface area contributed by atoms with Crippen LogP contribution in [0.1, 0.15) is 77.4 Å². The number of urea groups is 2. The monoisotopic (exact) mass is 1100 g/mol. The van der Waals surface area contributed by atoms with Gasteiger partial charge in [0.05, 0.1) is 59.9 Å². The summed E-state index contributed by atoms with van der Waals surface area (Å²) in [6.45, 7) is 20.4. The quantitative estimate of drug-likeness (QED) is 0.0536. The van der Waals surface area contributed by atoms with E-state index in [1.165, 1.54) is 0 Å². The molecule has 82 heavy (non-hydrogen) atoms. The molecule has 4 aromatic heterocycles. The van der Waals surface area contributed by atoms with Crippen LogP contribution in [-0.2, 0) is 28.7 Å². The molecule has 0 aliphatic rings. The summed E-state index contributed by atoms with van der Waals surface area (Å²) in [4.78, 5) is 46.4. The van der Waals surface area contributed by atoms with Gasteiger partial charge >= 0.3 is 12.1 Å². The zero-order valence-corrected chi connectivity index (χ0v) is 47.7. The Kier molecular flexibility index (Phi) is 17.1. The number of anilines is 6. The molecular weight excluding hydrogens is 1030 g/mol. The first-order chi connectivity index (χ1) is 39.3. The third-order valence-electron chi connectivity index (χ3n) is 13.3. The van der Waals surface area contributed by atoms with E-state index in [0.717, 1.165) is 61.2 Å². The number of nitrogens with zero attached hydrogens (tertiary/aromatic N) is 8.